The van der Waals surface area contributed by atoms with Crippen molar-refractivity contribution in [3.05, 3.63) is 69.8 Å². The fourth-order valence-corrected chi connectivity index (χ4v) is 5.44. The maximum Gasteiger partial charge on any atom is 0.416 e. The second-order valence-corrected chi connectivity index (χ2v) is 10.1. The average molecular weight is 500 g/mol. The molecular formula is C22H24F3N3O5S. The molecule has 0 aromatic heterocycles. The van der Waals surface area contributed by atoms with E-state index in [1.165, 1.54) is 17.0 Å². The number of nitro benzene ring substituents is 1. The van der Waals surface area contributed by atoms with Crippen LogP contribution in [-0.4, -0.2) is 48.6 Å². The number of sulfonamides is 1. The molecule has 0 aliphatic carbocycles. The predicted molar refractivity (Wildman–Crippen MR) is 117 cm³/mol. The van der Waals surface area contributed by atoms with Crippen LogP contribution in [0, 0.1) is 16.0 Å². The molecule has 1 atom stereocenters. The summed E-state index contributed by atoms with van der Waals surface area (Å²) in [7, 11) is -2.56. The molecule has 0 saturated carbocycles. The van der Waals surface area contributed by atoms with E-state index >= 15 is 0 Å². The predicted octanol–water partition coefficient (Wildman–Crippen LogP) is 4.23. The van der Waals surface area contributed by atoms with Crippen LogP contribution < -0.4 is 0 Å². The Morgan fingerprint density at radius 2 is 1.76 bits per heavy atom. The molecule has 1 unspecified atom stereocenters. The lowest BCUT2D eigenvalue weighted by Crippen LogP contribution is -2.44. The number of non-ortho nitro benzene ring substituents is 1. The normalized spacial score (nSPS) is 16.7. The monoisotopic (exact) mass is 499 g/mol. The highest BCUT2D eigenvalue weighted by molar-refractivity contribution is 7.89. The minimum absolute atomic E-state index is 0.00594. The van der Waals surface area contributed by atoms with Crippen molar-refractivity contribution in [3.63, 3.8) is 0 Å². The molecule has 2 aromatic carbocycles. The number of alkyl halides is 3. The summed E-state index contributed by atoms with van der Waals surface area (Å²) in [6, 6.07) is 9.14. The van der Waals surface area contributed by atoms with Crippen LogP contribution >= 0.6 is 0 Å². The van der Waals surface area contributed by atoms with Gasteiger partial charge in [0, 0.05) is 38.2 Å². The summed E-state index contributed by atoms with van der Waals surface area (Å²) in [6.45, 7) is 1.73. The van der Waals surface area contributed by atoms with Gasteiger partial charge < -0.3 is 4.90 Å². The Kier molecular flexibility index (Phi) is 7.32. The first-order valence-electron chi connectivity index (χ1n) is 10.5. The zero-order valence-electron chi connectivity index (χ0n) is 18.5. The zero-order valence-corrected chi connectivity index (χ0v) is 19.3. The highest BCUT2D eigenvalue weighted by Gasteiger charge is 2.36. The number of carbonyl (C=O) groups is 1. The molecule has 0 spiro atoms. The van der Waals surface area contributed by atoms with E-state index in [-0.39, 0.29) is 37.5 Å². The molecule has 0 bridgehead atoms. The highest BCUT2D eigenvalue weighted by Crippen LogP contribution is 2.33. The van der Waals surface area contributed by atoms with Gasteiger partial charge in [-0.3, -0.25) is 14.9 Å². The maximum atomic E-state index is 13.0. The van der Waals surface area contributed by atoms with Crippen molar-refractivity contribution in [2.24, 2.45) is 5.92 Å². The van der Waals surface area contributed by atoms with Crippen molar-refractivity contribution >= 4 is 21.6 Å². The summed E-state index contributed by atoms with van der Waals surface area (Å²) >= 11 is 0. The molecule has 0 N–H and O–H groups in total. The summed E-state index contributed by atoms with van der Waals surface area (Å²) in [5.74, 6) is -0.700. The van der Waals surface area contributed by atoms with E-state index in [4.69, 9.17) is 0 Å². The van der Waals surface area contributed by atoms with Gasteiger partial charge in [-0.05, 0) is 43.5 Å². The summed E-state index contributed by atoms with van der Waals surface area (Å²) < 4.78 is 65.8. The summed E-state index contributed by atoms with van der Waals surface area (Å²) in [6.07, 6.45) is -4.24. The fraction of sp³-hybridized carbons (Fsp3) is 0.409. The van der Waals surface area contributed by atoms with Gasteiger partial charge in [0.15, 0.2) is 0 Å². The third kappa shape index (κ3) is 5.39. The second kappa shape index (κ2) is 9.71. The first-order chi connectivity index (χ1) is 15.8. The van der Waals surface area contributed by atoms with Crippen LogP contribution in [0.4, 0.5) is 18.9 Å². The van der Waals surface area contributed by atoms with Gasteiger partial charge in [0.1, 0.15) is 0 Å². The van der Waals surface area contributed by atoms with E-state index in [9.17, 15) is 36.5 Å². The van der Waals surface area contributed by atoms with Gasteiger partial charge in [-0.25, -0.2) is 8.42 Å². The van der Waals surface area contributed by atoms with Crippen molar-refractivity contribution in [2.75, 3.05) is 20.1 Å². The number of piperidine rings is 1. The number of halogens is 3. The highest BCUT2D eigenvalue weighted by atomic mass is 32.2. The lowest BCUT2D eigenvalue weighted by Gasteiger charge is -2.34. The van der Waals surface area contributed by atoms with E-state index < -0.39 is 43.5 Å². The quantitative estimate of drug-likeness (QED) is 0.437. The first kappa shape index (κ1) is 25.6. The molecular weight excluding hydrogens is 475 g/mol. The van der Waals surface area contributed by atoms with Gasteiger partial charge >= 0.3 is 6.18 Å². The number of hydrogen-bond acceptors (Lipinski definition) is 5. The second-order valence-electron chi connectivity index (χ2n) is 8.18. The Morgan fingerprint density at radius 1 is 1.15 bits per heavy atom. The topological polar surface area (TPSA) is 101 Å². The van der Waals surface area contributed by atoms with Crippen molar-refractivity contribution in [2.45, 2.75) is 36.9 Å². The lowest BCUT2D eigenvalue weighted by atomic mass is 9.95. The Balaban J connectivity index is 1.67. The molecule has 2 aromatic rings. The summed E-state index contributed by atoms with van der Waals surface area (Å²) in [4.78, 5) is 24.6. The molecule has 34 heavy (non-hydrogen) atoms. The number of hydrogen-bond donors (Lipinski definition) is 0. The van der Waals surface area contributed by atoms with E-state index in [1.54, 1.807) is 26.1 Å². The van der Waals surface area contributed by atoms with Crippen molar-refractivity contribution < 1.29 is 31.3 Å². The van der Waals surface area contributed by atoms with Crippen molar-refractivity contribution in [3.8, 4) is 0 Å². The number of benzene rings is 2. The van der Waals surface area contributed by atoms with Gasteiger partial charge in [-0.1, -0.05) is 18.2 Å². The Hall–Kier alpha value is -2.99. The first-order valence-corrected chi connectivity index (χ1v) is 11.9. The Labute approximate surface area is 195 Å². The van der Waals surface area contributed by atoms with Crippen LogP contribution in [0.5, 0.6) is 0 Å². The Bertz CT molecular complexity index is 1180. The zero-order chi connectivity index (χ0) is 25.3. The Morgan fingerprint density at radius 3 is 2.35 bits per heavy atom. The van der Waals surface area contributed by atoms with Crippen molar-refractivity contribution in [1.29, 1.82) is 0 Å². The third-order valence-corrected chi connectivity index (χ3v) is 7.99. The number of nitro groups is 1. The van der Waals surface area contributed by atoms with Gasteiger partial charge in [0.2, 0.25) is 15.9 Å². The molecule has 0 radical (unpaired) electrons. The van der Waals surface area contributed by atoms with Crippen molar-refractivity contribution in [1.82, 2.24) is 9.21 Å². The molecule has 1 heterocycles. The smallest absolute Gasteiger partial charge is 0.339 e. The van der Waals surface area contributed by atoms with Crippen LogP contribution in [0.25, 0.3) is 0 Å². The largest absolute Gasteiger partial charge is 0.416 e. The molecule has 1 amide bonds. The molecule has 3 rings (SSSR count). The van der Waals surface area contributed by atoms with Crippen LogP contribution in [0.3, 0.4) is 0 Å². The fourth-order valence-electron chi connectivity index (χ4n) is 3.93. The minimum atomic E-state index is -4.66. The van der Waals surface area contributed by atoms with Gasteiger partial charge in [0.25, 0.3) is 5.69 Å². The van der Waals surface area contributed by atoms with Crippen LogP contribution in [0.15, 0.2) is 53.4 Å². The van der Waals surface area contributed by atoms with E-state index in [0.29, 0.717) is 11.6 Å². The van der Waals surface area contributed by atoms with Gasteiger partial charge in [-0.2, -0.15) is 17.5 Å². The number of nitrogens with zero attached hydrogens (tertiary/aromatic N) is 3. The number of rotatable bonds is 6. The third-order valence-electron chi connectivity index (χ3n) is 6.09. The standard InChI is InChI=1S/C22H24F3N3O5S/c1-15(17-5-3-7-19(13-17)28(30)31)26(2)21(29)16-9-11-27(12-10-16)34(32,33)20-8-4-6-18(14-20)22(23,24)25/h3-8,13-16H,9-12H2,1-2H3. The maximum absolute atomic E-state index is 13.0. The minimum Gasteiger partial charge on any atom is -0.339 e. The molecule has 184 valence electrons. The van der Waals surface area contributed by atoms with E-state index in [2.05, 4.69) is 0 Å². The molecule has 1 saturated heterocycles. The van der Waals surface area contributed by atoms with Gasteiger partial charge in [0.05, 0.1) is 21.4 Å². The summed E-state index contributed by atoms with van der Waals surface area (Å²) in [5, 5.41) is 11.0. The molecule has 12 heteroatoms. The van der Waals surface area contributed by atoms with Crippen LogP contribution in [0.1, 0.15) is 36.9 Å². The number of amides is 1. The SMILES string of the molecule is CC(c1cccc([N+](=O)[O-])c1)N(C)C(=O)C1CCN(S(=O)(=O)c2cccc(C(F)(F)F)c2)CC1. The van der Waals surface area contributed by atoms with E-state index in [0.717, 1.165) is 22.5 Å². The molecule has 1 aliphatic heterocycles. The lowest BCUT2D eigenvalue weighted by molar-refractivity contribution is -0.384. The molecule has 1 aliphatic rings. The van der Waals surface area contributed by atoms with Crippen LogP contribution in [-0.2, 0) is 21.0 Å². The molecule has 8 nitrogen and oxygen atoms in total. The molecule has 1 fully saturated rings. The summed E-state index contributed by atoms with van der Waals surface area (Å²) in [5.41, 5.74) is -0.539. The van der Waals surface area contributed by atoms with Crippen LogP contribution in [0.2, 0.25) is 0 Å². The average Bonchev–Trinajstić information content (AvgIpc) is 2.82. The van der Waals surface area contributed by atoms with Gasteiger partial charge in [-0.15, -0.1) is 0 Å². The van der Waals surface area contributed by atoms with E-state index in [1.807, 2.05) is 0 Å². The number of carbonyl (C=O) groups excluding carboxylic acids is 1.